The van der Waals surface area contributed by atoms with E-state index in [-0.39, 0.29) is 36.0 Å². The molecule has 2 aromatic rings. The van der Waals surface area contributed by atoms with Gasteiger partial charge in [-0.3, -0.25) is 4.79 Å². The van der Waals surface area contributed by atoms with Gasteiger partial charge in [-0.05, 0) is 59.7 Å². The molecule has 2 heterocycles. The average molecular weight is 518 g/mol. The number of aromatic nitrogens is 2. The molecule has 1 aliphatic rings. The van der Waals surface area contributed by atoms with E-state index in [1.165, 1.54) is 30.7 Å². The summed E-state index contributed by atoms with van der Waals surface area (Å²) in [6, 6.07) is 3.78. The zero-order valence-corrected chi connectivity index (χ0v) is 22.3. The molecule has 0 spiro atoms. The van der Waals surface area contributed by atoms with E-state index >= 15 is 0 Å². The number of morpholine rings is 1. The van der Waals surface area contributed by atoms with Crippen molar-refractivity contribution < 1.29 is 28.2 Å². The minimum Gasteiger partial charge on any atom is -0.451 e. The monoisotopic (exact) mass is 517 g/mol. The molecule has 1 atom stereocenters. The van der Waals surface area contributed by atoms with Gasteiger partial charge in [-0.2, -0.15) is 0 Å². The fraction of sp³-hybridized carbons (Fsp3) is 0.538. The summed E-state index contributed by atoms with van der Waals surface area (Å²) in [6.45, 7) is 13.1. The van der Waals surface area contributed by atoms with Crippen molar-refractivity contribution in [2.45, 2.75) is 59.2 Å². The summed E-state index contributed by atoms with van der Waals surface area (Å²) in [5, 5.41) is 2.75. The highest BCUT2D eigenvalue weighted by Crippen LogP contribution is 2.33. The van der Waals surface area contributed by atoms with Crippen LogP contribution in [0.3, 0.4) is 0 Å². The van der Waals surface area contributed by atoms with Crippen LogP contribution in [0.25, 0.3) is 0 Å². The Kier molecular flexibility index (Phi) is 9.25. The number of carbonyl (C=O) groups is 2. The highest BCUT2D eigenvalue weighted by Gasteiger charge is 2.27. The van der Waals surface area contributed by atoms with Crippen LogP contribution < -0.4 is 15.0 Å². The summed E-state index contributed by atoms with van der Waals surface area (Å²) >= 11 is 0. The van der Waals surface area contributed by atoms with Gasteiger partial charge in [-0.1, -0.05) is 0 Å². The third-order valence-corrected chi connectivity index (χ3v) is 5.59. The number of amides is 2. The average Bonchev–Trinajstić information content (AvgIpc) is 2.83. The van der Waals surface area contributed by atoms with E-state index in [1.54, 1.807) is 4.90 Å². The van der Waals surface area contributed by atoms with Crippen molar-refractivity contribution in [3.05, 3.63) is 42.1 Å². The van der Waals surface area contributed by atoms with E-state index in [9.17, 15) is 14.0 Å². The summed E-state index contributed by atoms with van der Waals surface area (Å²) in [7, 11) is 0. The Morgan fingerprint density at radius 1 is 1.30 bits per heavy atom. The molecule has 1 N–H and O–H groups in total. The number of carbonyl (C=O) groups excluding carboxylic acids is 2. The minimum absolute atomic E-state index is 0.0674. The fourth-order valence-corrected chi connectivity index (χ4v) is 3.92. The van der Waals surface area contributed by atoms with Gasteiger partial charge in [-0.15, -0.1) is 0 Å². The van der Waals surface area contributed by atoms with Gasteiger partial charge >= 0.3 is 6.09 Å². The van der Waals surface area contributed by atoms with Crippen molar-refractivity contribution in [1.29, 1.82) is 0 Å². The lowest BCUT2D eigenvalue weighted by molar-refractivity contribution is -0.00457. The number of hydrogen-bond acceptors (Lipinski definition) is 8. The van der Waals surface area contributed by atoms with E-state index in [2.05, 4.69) is 15.3 Å². The Hall–Kier alpha value is -3.47. The van der Waals surface area contributed by atoms with Crippen LogP contribution in [0.5, 0.6) is 11.5 Å². The molecule has 202 valence electrons. The number of halogens is 1. The van der Waals surface area contributed by atoms with Gasteiger partial charge in [0.25, 0.3) is 5.91 Å². The predicted molar refractivity (Wildman–Crippen MR) is 137 cm³/mol. The van der Waals surface area contributed by atoms with Crippen LogP contribution in [0.4, 0.5) is 15.0 Å². The molecule has 1 aromatic carbocycles. The van der Waals surface area contributed by atoms with Crippen LogP contribution in [0.1, 0.15) is 51.9 Å². The summed E-state index contributed by atoms with van der Waals surface area (Å²) < 4.78 is 31.4. The van der Waals surface area contributed by atoms with Crippen LogP contribution in [-0.4, -0.2) is 77.4 Å². The maximum Gasteiger partial charge on any atom is 0.407 e. The third kappa shape index (κ3) is 7.75. The molecule has 1 fully saturated rings. The molecule has 1 aromatic heterocycles. The molecule has 2 amide bonds. The number of nitrogens with zero attached hydrogens (tertiary/aromatic N) is 4. The molecule has 0 radical (unpaired) electrons. The first-order chi connectivity index (χ1) is 17.5. The van der Waals surface area contributed by atoms with E-state index < -0.39 is 17.4 Å². The molecule has 37 heavy (non-hydrogen) atoms. The predicted octanol–water partition coefficient (Wildman–Crippen LogP) is 4.01. The minimum atomic E-state index is -0.536. The van der Waals surface area contributed by atoms with Crippen LogP contribution >= 0.6 is 0 Å². The zero-order chi connectivity index (χ0) is 27.2. The molecule has 3 rings (SSSR count). The molecule has 0 unspecified atom stereocenters. The normalized spacial score (nSPS) is 15.9. The van der Waals surface area contributed by atoms with E-state index in [4.69, 9.17) is 14.2 Å². The molecular weight excluding hydrogens is 481 g/mol. The molecule has 0 saturated carbocycles. The van der Waals surface area contributed by atoms with Gasteiger partial charge in [0.15, 0.2) is 11.6 Å². The van der Waals surface area contributed by atoms with E-state index in [1.807, 2.05) is 46.4 Å². The SMILES string of the molecule is CCN(C(=O)c1cc(F)ccc1Oc1cncnc1N1CCO[C@H](COC(=O)NC(C)(C)C)C1)C(C)C. The topological polar surface area (TPSA) is 106 Å². The second-order valence-electron chi connectivity index (χ2n) is 10.1. The first kappa shape index (κ1) is 28.1. The number of anilines is 1. The smallest absolute Gasteiger partial charge is 0.407 e. The third-order valence-electron chi connectivity index (χ3n) is 5.59. The quantitative estimate of drug-likeness (QED) is 0.560. The second kappa shape index (κ2) is 12.2. The molecule has 0 aliphatic carbocycles. The number of hydrogen-bond donors (Lipinski definition) is 1. The molecule has 11 heteroatoms. The van der Waals surface area contributed by atoms with Crippen molar-refractivity contribution in [2.24, 2.45) is 0 Å². The van der Waals surface area contributed by atoms with Crippen LogP contribution in [0, 0.1) is 5.82 Å². The highest BCUT2D eigenvalue weighted by atomic mass is 19.1. The Bertz CT molecular complexity index is 1090. The summed E-state index contributed by atoms with van der Waals surface area (Å²) in [5.74, 6) is 0.131. The molecule has 10 nitrogen and oxygen atoms in total. The maximum absolute atomic E-state index is 14.1. The second-order valence-corrected chi connectivity index (χ2v) is 10.1. The summed E-state index contributed by atoms with van der Waals surface area (Å²) in [4.78, 5) is 37.3. The fourth-order valence-electron chi connectivity index (χ4n) is 3.92. The zero-order valence-electron chi connectivity index (χ0n) is 22.3. The molecule has 0 bridgehead atoms. The van der Waals surface area contributed by atoms with Gasteiger partial charge in [0, 0.05) is 31.2 Å². The van der Waals surface area contributed by atoms with Gasteiger partial charge in [0.1, 0.15) is 30.6 Å². The highest BCUT2D eigenvalue weighted by molar-refractivity contribution is 5.97. The number of benzene rings is 1. The number of ether oxygens (including phenoxy) is 3. The van der Waals surface area contributed by atoms with Gasteiger partial charge in [0.05, 0.1) is 18.4 Å². The van der Waals surface area contributed by atoms with Crippen molar-refractivity contribution in [3.8, 4) is 11.5 Å². The number of nitrogens with one attached hydrogen (secondary N) is 1. The Balaban J connectivity index is 1.78. The first-order valence-corrected chi connectivity index (χ1v) is 12.4. The Morgan fingerprint density at radius 2 is 2.05 bits per heavy atom. The van der Waals surface area contributed by atoms with Crippen molar-refractivity contribution in [2.75, 3.05) is 37.7 Å². The maximum atomic E-state index is 14.1. The Morgan fingerprint density at radius 3 is 2.73 bits per heavy atom. The van der Waals surface area contributed by atoms with Crippen LogP contribution in [-0.2, 0) is 9.47 Å². The molecular formula is C26H36FN5O5. The first-order valence-electron chi connectivity index (χ1n) is 12.4. The number of alkyl carbamates (subject to hydrolysis) is 1. The van der Waals surface area contributed by atoms with Gasteiger partial charge in [-0.25, -0.2) is 19.2 Å². The van der Waals surface area contributed by atoms with Gasteiger partial charge < -0.3 is 29.3 Å². The lowest BCUT2D eigenvalue weighted by Gasteiger charge is -2.34. The molecule has 1 aliphatic heterocycles. The Labute approximate surface area is 217 Å². The van der Waals surface area contributed by atoms with Crippen LogP contribution in [0.2, 0.25) is 0 Å². The summed E-state index contributed by atoms with van der Waals surface area (Å²) in [5.41, 5.74) is -0.295. The van der Waals surface area contributed by atoms with Crippen molar-refractivity contribution in [3.63, 3.8) is 0 Å². The van der Waals surface area contributed by atoms with Crippen molar-refractivity contribution >= 4 is 17.8 Å². The van der Waals surface area contributed by atoms with E-state index in [0.717, 1.165) is 0 Å². The number of rotatable bonds is 8. The summed E-state index contributed by atoms with van der Waals surface area (Å²) in [6.07, 6.45) is 2.00. The lowest BCUT2D eigenvalue weighted by atomic mass is 10.1. The molecule has 1 saturated heterocycles. The van der Waals surface area contributed by atoms with Crippen molar-refractivity contribution in [1.82, 2.24) is 20.2 Å². The standard InChI is InChI=1S/C26H36FN5O5/c1-7-32(17(2)3)24(33)20-12-18(27)8-9-21(20)37-22-13-28-16-29-23(22)31-10-11-35-19(14-31)15-36-25(34)30-26(4,5)6/h8-9,12-13,16-17,19H,7,10-11,14-15H2,1-6H3,(H,30,34)/t19-/m0/s1. The van der Waals surface area contributed by atoms with Crippen LogP contribution in [0.15, 0.2) is 30.7 Å². The largest absolute Gasteiger partial charge is 0.451 e. The van der Waals surface area contributed by atoms with Gasteiger partial charge in [0.2, 0.25) is 0 Å². The lowest BCUT2D eigenvalue weighted by Crippen LogP contribution is -2.47. The van der Waals surface area contributed by atoms with E-state index in [0.29, 0.717) is 37.8 Å².